The smallest absolute Gasteiger partial charge is 0.303 e. The van der Waals surface area contributed by atoms with Gasteiger partial charge in [-0.3, -0.25) is 19.2 Å². The van der Waals surface area contributed by atoms with Gasteiger partial charge in [-0.05, 0) is 13.8 Å². The molecule has 32 nitrogen and oxygen atoms in total. The molecule has 4 aliphatic heterocycles. The molecule has 90 heavy (non-hydrogen) atoms. The fourth-order valence-electron chi connectivity index (χ4n) is 9.81. The molecule has 6 rings (SSSR count). The van der Waals surface area contributed by atoms with Crippen LogP contribution in [0.15, 0.2) is 0 Å². The Kier molecular flexibility index (Phi) is 33.6. The van der Waals surface area contributed by atoms with Crippen LogP contribution in [0.4, 0.5) is 0 Å². The first kappa shape index (κ1) is 81.2. The number of aliphatic hydroxyl groups excluding tert-OH is 12. The normalized spacial score (nSPS) is 34.0. The maximum Gasteiger partial charge on any atom is 0.303 e. The molecule has 0 bridgehead atoms. The van der Waals surface area contributed by atoms with Crippen molar-refractivity contribution in [2.45, 2.75) is 202 Å². The van der Waals surface area contributed by atoms with Crippen LogP contribution in [0.25, 0.3) is 0 Å². The molecule has 6 fully saturated rings. The predicted molar refractivity (Wildman–Crippen MR) is 312 cm³/mol. The molecule has 0 aromatic rings. The maximum atomic E-state index is 11.8. The lowest BCUT2D eigenvalue weighted by Crippen LogP contribution is -2.63. The van der Waals surface area contributed by atoms with Crippen molar-refractivity contribution in [3.63, 3.8) is 0 Å². The van der Waals surface area contributed by atoms with Crippen molar-refractivity contribution in [2.24, 2.45) is 0 Å². The van der Waals surface area contributed by atoms with Crippen LogP contribution in [0.5, 0.6) is 0 Å². The highest BCUT2D eigenvalue weighted by atomic mass is 16.7. The van der Waals surface area contributed by atoms with E-state index in [2.05, 4.69) is 70.2 Å². The van der Waals surface area contributed by atoms with Crippen molar-refractivity contribution in [1.82, 2.24) is 0 Å². The van der Waals surface area contributed by atoms with Gasteiger partial charge in [-0.2, -0.15) is 0 Å². The topological polar surface area (TPSA) is 422 Å². The van der Waals surface area contributed by atoms with Crippen LogP contribution >= 0.6 is 0 Å². The summed E-state index contributed by atoms with van der Waals surface area (Å²) in [5, 5.41) is 114. The highest BCUT2D eigenvalue weighted by Gasteiger charge is 2.54. The van der Waals surface area contributed by atoms with E-state index < -0.39 is 167 Å². The van der Waals surface area contributed by atoms with E-state index in [1.807, 2.05) is 0 Å². The molecule has 2 aliphatic carbocycles. The summed E-state index contributed by atoms with van der Waals surface area (Å²) in [6.07, 6.45) is -18.9. The SMILES string of the molecule is CC(=O)OC[C@H]1O[C@H](OCC[N+](C)(C)C2CC2)[C@H](OC(C)=O)[C@@H](OC(C)=O)[C@@H]1OC(C)=O.CC[N+](C)(C)CCO[C@@H]1O[C@H](CO)[C@@H](O)[C@H](O)[C@H]1O.CC[N+](C)(C)CCO[C@@H]1O[C@H](CO)[C@@H](O)[C@H](O)[C@H]1O.C[N+](C)(CCO[C@@H]1O[C@H](CO)[C@@H](O)[C@H](O)[C@H]1O)C1CC1. The summed E-state index contributed by atoms with van der Waals surface area (Å²) >= 11 is 0. The monoisotopic (exact) mass is 1310 g/mol. The Morgan fingerprint density at radius 3 is 0.956 bits per heavy atom. The average molecular weight is 1310 g/mol. The van der Waals surface area contributed by atoms with Gasteiger partial charge >= 0.3 is 23.9 Å². The first-order valence-electron chi connectivity index (χ1n) is 30.9. The molecule has 0 aromatic carbocycles. The summed E-state index contributed by atoms with van der Waals surface area (Å²) in [7, 11) is 16.7. The van der Waals surface area contributed by atoms with Gasteiger partial charge in [0.1, 0.15) is 112 Å². The molecule has 0 amide bonds. The average Bonchev–Trinajstić information content (AvgIpc) is 1.20. The zero-order valence-corrected chi connectivity index (χ0v) is 55.1. The molecule has 4 saturated heterocycles. The minimum absolute atomic E-state index is 0.275. The Morgan fingerprint density at radius 2 is 0.667 bits per heavy atom. The third-order valence-corrected chi connectivity index (χ3v) is 17.1. The van der Waals surface area contributed by atoms with Crippen molar-refractivity contribution in [2.75, 3.05) is 149 Å². The Balaban J connectivity index is 0.000000323. The zero-order chi connectivity index (χ0) is 68.2. The lowest BCUT2D eigenvalue weighted by molar-refractivity contribution is -0.901. The van der Waals surface area contributed by atoms with Crippen molar-refractivity contribution >= 4 is 23.9 Å². The van der Waals surface area contributed by atoms with Gasteiger partial charge < -0.3 is 136 Å². The van der Waals surface area contributed by atoms with Gasteiger partial charge in [-0.1, -0.05) is 0 Å². The summed E-state index contributed by atoms with van der Waals surface area (Å²) in [4.78, 5) is 46.7. The third-order valence-electron chi connectivity index (χ3n) is 17.1. The van der Waals surface area contributed by atoms with Gasteiger partial charge in [0.25, 0.3) is 0 Å². The molecule has 20 atom stereocenters. The largest absolute Gasteiger partial charge is 0.463 e. The molecular weight excluding hydrogens is 1200 g/mol. The standard InChI is InChI=1S/C21H34NO10.C13H26NO6.2C12H26NO6/c1-12(23)28-11-17-18(29-13(2)24)19(30-14(3)25)20(31-15(4)26)21(32-17)27-10-9-22(5,6)16-7-8-16;1-14(2,8-3-4-8)5-6-19-13-12(18)11(17)10(16)9(7-15)20-13;2*1-4-13(2,3)5-6-18-12-11(17)10(16)9(15)8(7-14)19-12/h16-21H,7-11H2,1-6H3;8-13,15-18H,3-7H2,1-2H3;2*8-12,14-17H,4-7H2,1-3H3/q4*+1/t17-,18-,19+,20-,21+;9-,10-,11+,12-,13-;2*8-,9-,10+,11-,12-/m1111/s1. The number of hydrogen-bond donors (Lipinski definition) is 12. The minimum atomic E-state index is -1.38. The lowest BCUT2D eigenvalue weighted by Gasteiger charge is -2.44. The number of hydrogen-bond acceptors (Lipinski definition) is 28. The number of rotatable bonds is 28. The van der Waals surface area contributed by atoms with Gasteiger partial charge in [0, 0.05) is 53.4 Å². The van der Waals surface area contributed by atoms with Gasteiger partial charge in [-0.15, -0.1) is 0 Å². The van der Waals surface area contributed by atoms with Crippen LogP contribution < -0.4 is 0 Å². The number of esters is 4. The molecule has 4 heterocycles. The fraction of sp³-hybridized carbons (Fsp3) is 0.931. The predicted octanol–water partition coefficient (Wildman–Crippen LogP) is -5.84. The Labute approximate surface area is 528 Å². The van der Waals surface area contributed by atoms with Crippen molar-refractivity contribution < 1.29 is 155 Å². The summed E-state index contributed by atoms with van der Waals surface area (Å²) in [6, 6.07) is 1.25. The van der Waals surface area contributed by atoms with E-state index >= 15 is 0 Å². The summed E-state index contributed by atoms with van der Waals surface area (Å²) in [5.74, 6) is -2.57. The molecular formula is C58H112N4O28+4. The first-order chi connectivity index (χ1) is 41.9. The number of nitrogens with zero attached hydrogens (tertiary/aromatic N) is 4. The third kappa shape index (κ3) is 25.9. The van der Waals surface area contributed by atoms with Crippen molar-refractivity contribution in [1.29, 1.82) is 0 Å². The molecule has 6 aliphatic rings. The summed E-state index contributed by atoms with van der Waals surface area (Å²) in [5.41, 5.74) is 0. The summed E-state index contributed by atoms with van der Waals surface area (Å²) < 4.78 is 68.2. The van der Waals surface area contributed by atoms with E-state index in [0.29, 0.717) is 38.4 Å². The van der Waals surface area contributed by atoms with Gasteiger partial charge in [0.15, 0.2) is 43.5 Å². The van der Waals surface area contributed by atoms with E-state index in [0.717, 1.165) is 63.5 Å². The Morgan fingerprint density at radius 1 is 0.378 bits per heavy atom. The number of carbonyl (C=O) groups is 4. The van der Waals surface area contributed by atoms with Crippen LogP contribution in [0.1, 0.15) is 67.2 Å². The van der Waals surface area contributed by atoms with Gasteiger partial charge in [-0.25, -0.2) is 0 Å². The van der Waals surface area contributed by atoms with Crippen LogP contribution in [0.3, 0.4) is 0 Å². The molecule has 0 spiro atoms. The van der Waals surface area contributed by atoms with Crippen LogP contribution in [-0.4, -0.2) is 386 Å². The van der Waals surface area contributed by atoms with Crippen LogP contribution in [0.2, 0.25) is 0 Å². The number of quaternary nitrogens is 4. The van der Waals surface area contributed by atoms with Crippen molar-refractivity contribution in [3.8, 4) is 0 Å². The Bertz CT molecular complexity index is 2070. The number of carbonyl (C=O) groups excluding carboxylic acids is 4. The Hall–Kier alpha value is -3.08. The highest BCUT2D eigenvalue weighted by Crippen LogP contribution is 2.34. The molecule has 0 aromatic heterocycles. The van der Waals surface area contributed by atoms with Crippen LogP contribution in [-0.2, 0) is 76.0 Å². The van der Waals surface area contributed by atoms with E-state index in [4.69, 9.17) is 72.2 Å². The number of ether oxygens (including phenoxy) is 12. The second-order valence-electron chi connectivity index (χ2n) is 26.1. The molecule has 32 heteroatoms. The maximum absolute atomic E-state index is 11.8. The fourth-order valence-corrected chi connectivity index (χ4v) is 9.81. The second kappa shape index (κ2) is 37.3. The van der Waals surface area contributed by atoms with Gasteiger partial charge in [0.2, 0.25) is 0 Å². The quantitative estimate of drug-likeness (QED) is 0.0197. The second-order valence-corrected chi connectivity index (χ2v) is 26.1. The van der Waals surface area contributed by atoms with Crippen LogP contribution in [0, 0.1) is 0 Å². The highest BCUT2D eigenvalue weighted by molar-refractivity contribution is 5.68. The van der Waals surface area contributed by atoms with E-state index in [1.165, 1.54) is 40.5 Å². The molecule has 0 radical (unpaired) electrons. The van der Waals surface area contributed by atoms with Crippen molar-refractivity contribution in [3.05, 3.63) is 0 Å². The lowest BCUT2D eigenvalue weighted by atomic mass is 9.98. The van der Waals surface area contributed by atoms with Gasteiger partial charge in [0.05, 0.1) is 128 Å². The zero-order valence-electron chi connectivity index (χ0n) is 55.1. The van der Waals surface area contributed by atoms with E-state index in [9.17, 15) is 65.1 Å². The summed E-state index contributed by atoms with van der Waals surface area (Å²) in [6.45, 7) is 13.5. The minimum Gasteiger partial charge on any atom is -0.463 e. The molecule has 2 saturated carbocycles. The number of aliphatic hydroxyl groups is 12. The molecule has 0 unspecified atom stereocenters. The molecule has 528 valence electrons. The van der Waals surface area contributed by atoms with E-state index in [-0.39, 0.29) is 13.2 Å². The first-order valence-corrected chi connectivity index (χ1v) is 30.9. The molecule has 12 N–H and O–H groups in total. The van der Waals surface area contributed by atoms with E-state index in [1.54, 1.807) is 0 Å². The number of likely N-dealkylation sites (N-methyl/N-ethyl adjacent to an activating group) is 4.